The van der Waals surface area contributed by atoms with E-state index in [0.717, 1.165) is 11.4 Å². The SMILES string of the molecule is COC(=O)CN(C)c1cccc(N(C)C)c1. The third kappa shape index (κ3) is 3.15. The number of hydrogen-bond acceptors (Lipinski definition) is 4. The van der Waals surface area contributed by atoms with Crippen molar-refractivity contribution in [3.8, 4) is 0 Å². The Morgan fingerprint density at radius 3 is 2.44 bits per heavy atom. The van der Waals surface area contributed by atoms with Crippen LogP contribution in [0.1, 0.15) is 0 Å². The average Bonchev–Trinajstić information content (AvgIpc) is 2.28. The van der Waals surface area contributed by atoms with Gasteiger partial charge in [0, 0.05) is 32.5 Å². The van der Waals surface area contributed by atoms with Gasteiger partial charge in [0.1, 0.15) is 6.54 Å². The number of methoxy groups -OCH3 is 1. The van der Waals surface area contributed by atoms with E-state index in [1.54, 1.807) is 0 Å². The molecule has 0 saturated heterocycles. The lowest BCUT2D eigenvalue weighted by atomic mass is 10.2. The Morgan fingerprint density at radius 1 is 1.25 bits per heavy atom. The first kappa shape index (κ1) is 12.4. The minimum atomic E-state index is -0.238. The Bertz CT molecular complexity index is 364. The van der Waals surface area contributed by atoms with Gasteiger partial charge in [-0.25, -0.2) is 0 Å². The smallest absolute Gasteiger partial charge is 0.325 e. The monoisotopic (exact) mass is 222 g/mol. The molecule has 1 aromatic rings. The number of ether oxygens (including phenoxy) is 1. The summed E-state index contributed by atoms with van der Waals surface area (Å²) in [6.45, 7) is 0.257. The van der Waals surface area contributed by atoms with Gasteiger partial charge in [-0.3, -0.25) is 4.79 Å². The molecule has 88 valence electrons. The summed E-state index contributed by atoms with van der Waals surface area (Å²) in [7, 11) is 7.23. The van der Waals surface area contributed by atoms with Gasteiger partial charge in [-0.15, -0.1) is 0 Å². The summed E-state index contributed by atoms with van der Waals surface area (Å²) in [6, 6.07) is 7.99. The highest BCUT2D eigenvalue weighted by atomic mass is 16.5. The fourth-order valence-corrected chi connectivity index (χ4v) is 1.36. The molecule has 0 saturated carbocycles. The molecule has 1 rings (SSSR count). The molecule has 0 amide bonds. The molecule has 4 nitrogen and oxygen atoms in total. The van der Waals surface area contributed by atoms with Crippen molar-refractivity contribution in [1.82, 2.24) is 0 Å². The minimum absolute atomic E-state index is 0.238. The largest absolute Gasteiger partial charge is 0.468 e. The summed E-state index contributed by atoms with van der Waals surface area (Å²) in [5.41, 5.74) is 2.10. The molecule has 0 aliphatic carbocycles. The van der Waals surface area contributed by atoms with Crippen molar-refractivity contribution in [1.29, 1.82) is 0 Å². The Hall–Kier alpha value is -1.71. The maximum Gasteiger partial charge on any atom is 0.325 e. The minimum Gasteiger partial charge on any atom is -0.468 e. The van der Waals surface area contributed by atoms with Crippen LogP contribution in [0.3, 0.4) is 0 Å². The lowest BCUT2D eigenvalue weighted by Gasteiger charge is -2.20. The standard InChI is InChI=1S/C12H18N2O2/c1-13(2)10-6-5-7-11(8-10)14(3)9-12(15)16-4/h5-8H,9H2,1-4H3. The van der Waals surface area contributed by atoms with E-state index in [2.05, 4.69) is 4.74 Å². The van der Waals surface area contributed by atoms with E-state index in [-0.39, 0.29) is 12.5 Å². The second-order valence-corrected chi connectivity index (χ2v) is 3.85. The molecular weight excluding hydrogens is 204 g/mol. The quantitative estimate of drug-likeness (QED) is 0.720. The highest BCUT2D eigenvalue weighted by Crippen LogP contribution is 2.19. The number of rotatable bonds is 4. The van der Waals surface area contributed by atoms with Crippen molar-refractivity contribution in [2.45, 2.75) is 0 Å². The first-order valence-corrected chi connectivity index (χ1v) is 5.10. The summed E-state index contributed by atoms with van der Waals surface area (Å²) in [5, 5.41) is 0. The molecule has 0 atom stereocenters. The van der Waals surface area contributed by atoms with Crippen molar-refractivity contribution in [3.63, 3.8) is 0 Å². The fraction of sp³-hybridized carbons (Fsp3) is 0.417. The van der Waals surface area contributed by atoms with Crippen LogP contribution < -0.4 is 9.80 Å². The average molecular weight is 222 g/mol. The summed E-state index contributed by atoms with van der Waals surface area (Å²) in [6.07, 6.45) is 0. The molecule has 16 heavy (non-hydrogen) atoms. The molecule has 0 spiro atoms. The third-order valence-electron chi connectivity index (χ3n) is 2.38. The van der Waals surface area contributed by atoms with E-state index in [4.69, 9.17) is 0 Å². The predicted molar refractivity (Wildman–Crippen MR) is 66.1 cm³/mol. The predicted octanol–water partition coefficient (Wildman–Crippen LogP) is 1.36. The Balaban J connectivity index is 2.79. The first-order valence-electron chi connectivity index (χ1n) is 5.10. The topological polar surface area (TPSA) is 32.8 Å². The van der Waals surface area contributed by atoms with Crippen molar-refractivity contribution in [3.05, 3.63) is 24.3 Å². The van der Waals surface area contributed by atoms with Crippen LogP contribution in [-0.2, 0) is 9.53 Å². The fourth-order valence-electron chi connectivity index (χ4n) is 1.36. The maximum atomic E-state index is 11.1. The van der Waals surface area contributed by atoms with Gasteiger partial charge in [0.15, 0.2) is 0 Å². The zero-order chi connectivity index (χ0) is 12.1. The van der Waals surface area contributed by atoms with Gasteiger partial charge in [-0.05, 0) is 18.2 Å². The number of benzene rings is 1. The van der Waals surface area contributed by atoms with Crippen molar-refractivity contribution in [2.75, 3.05) is 44.6 Å². The van der Waals surface area contributed by atoms with E-state index in [1.165, 1.54) is 7.11 Å². The van der Waals surface area contributed by atoms with E-state index >= 15 is 0 Å². The van der Waals surface area contributed by atoms with Crippen molar-refractivity contribution >= 4 is 17.3 Å². The molecule has 0 radical (unpaired) electrons. The molecule has 4 heteroatoms. The van der Waals surface area contributed by atoms with E-state index < -0.39 is 0 Å². The second-order valence-electron chi connectivity index (χ2n) is 3.85. The van der Waals surface area contributed by atoms with Crippen LogP contribution in [0.5, 0.6) is 0 Å². The van der Waals surface area contributed by atoms with Gasteiger partial charge >= 0.3 is 5.97 Å². The highest BCUT2D eigenvalue weighted by molar-refractivity contribution is 5.76. The van der Waals surface area contributed by atoms with Crippen LogP contribution in [0.2, 0.25) is 0 Å². The summed E-state index contributed by atoms with van der Waals surface area (Å²) in [4.78, 5) is 15.0. The van der Waals surface area contributed by atoms with Crippen molar-refractivity contribution in [2.24, 2.45) is 0 Å². The number of esters is 1. The van der Waals surface area contributed by atoms with Gasteiger partial charge in [0.25, 0.3) is 0 Å². The number of carbonyl (C=O) groups is 1. The summed E-state index contributed by atoms with van der Waals surface area (Å²) >= 11 is 0. The molecule has 1 aromatic carbocycles. The highest BCUT2D eigenvalue weighted by Gasteiger charge is 2.07. The molecule has 0 aromatic heterocycles. The number of hydrogen-bond donors (Lipinski definition) is 0. The third-order valence-corrected chi connectivity index (χ3v) is 2.38. The van der Waals surface area contributed by atoms with Crippen LogP contribution in [0, 0.1) is 0 Å². The number of carbonyl (C=O) groups excluding carboxylic acids is 1. The number of nitrogens with zero attached hydrogens (tertiary/aromatic N) is 2. The van der Waals surface area contributed by atoms with Crippen LogP contribution in [0.15, 0.2) is 24.3 Å². The van der Waals surface area contributed by atoms with Crippen LogP contribution >= 0.6 is 0 Å². The molecule has 0 aliphatic heterocycles. The van der Waals surface area contributed by atoms with E-state index in [9.17, 15) is 4.79 Å². The first-order chi connectivity index (χ1) is 7.54. The van der Waals surface area contributed by atoms with Crippen LogP contribution in [0.25, 0.3) is 0 Å². The number of likely N-dealkylation sites (N-methyl/N-ethyl adjacent to an activating group) is 1. The zero-order valence-electron chi connectivity index (χ0n) is 10.2. The lowest BCUT2D eigenvalue weighted by Crippen LogP contribution is -2.26. The van der Waals surface area contributed by atoms with Gasteiger partial charge in [-0.1, -0.05) is 6.07 Å². The molecule has 0 bridgehead atoms. The Labute approximate surface area is 96.4 Å². The molecular formula is C12H18N2O2. The van der Waals surface area contributed by atoms with Crippen molar-refractivity contribution < 1.29 is 9.53 Å². The van der Waals surface area contributed by atoms with Gasteiger partial charge < -0.3 is 14.5 Å². The summed E-state index contributed by atoms with van der Waals surface area (Å²) in [5.74, 6) is -0.238. The van der Waals surface area contributed by atoms with E-state index in [0.29, 0.717) is 0 Å². The van der Waals surface area contributed by atoms with Gasteiger partial charge in [0.2, 0.25) is 0 Å². The Kier molecular flexibility index (Phi) is 4.17. The van der Waals surface area contributed by atoms with E-state index in [1.807, 2.05) is 55.2 Å². The molecule has 0 heterocycles. The molecule has 0 N–H and O–H groups in total. The summed E-state index contributed by atoms with van der Waals surface area (Å²) < 4.78 is 4.63. The Morgan fingerprint density at radius 2 is 1.88 bits per heavy atom. The molecule has 0 unspecified atom stereocenters. The van der Waals surface area contributed by atoms with Gasteiger partial charge in [-0.2, -0.15) is 0 Å². The van der Waals surface area contributed by atoms with Gasteiger partial charge in [0.05, 0.1) is 7.11 Å². The molecule has 0 fully saturated rings. The zero-order valence-corrected chi connectivity index (χ0v) is 10.2. The van der Waals surface area contributed by atoms with Crippen LogP contribution in [0.4, 0.5) is 11.4 Å². The number of anilines is 2. The lowest BCUT2D eigenvalue weighted by molar-refractivity contribution is -0.138. The second kappa shape index (κ2) is 5.39. The normalized spacial score (nSPS) is 9.75. The maximum absolute atomic E-state index is 11.1. The van der Waals surface area contributed by atoms with Crippen LogP contribution in [-0.4, -0.2) is 40.8 Å². The molecule has 0 aliphatic rings.